The fourth-order valence-corrected chi connectivity index (χ4v) is 1.75. The highest BCUT2D eigenvalue weighted by Crippen LogP contribution is 2.24. The SMILES string of the molecule is C=C(C)CN(CC)C(=O)c1cccc(N)c1Cl. The highest BCUT2D eigenvalue weighted by molar-refractivity contribution is 6.36. The molecule has 1 aromatic carbocycles. The summed E-state index contributed by atoms with van der Waals surface area (Å²) >= 11 is 6.03. The lowest BCUT2D eigenvalue weighted by Crippen LogP contribution is -2.32. The molecule has 0 heterocycles. The van der Waals surface area contributed by atoms with Crippen molar-refractivity contribution in [2.75, 3.05) is 18.8 Å². The van der Waals surface area contributed by atoms with Crippen molar-refractivity contribution in [2.24, 2.45) is 0 Å². The van der Waals surface area contributed by atoms with Crippen molar-refractivity contribution in [3.05, 3.63) is 40.9 Å². The average molecular weight is 253 g/mol. The zero-order valence-electron chi connectivity index (χ0n) is 10.2. The number of hydrogen-bond acceptors (Lipinski definition) is 2. The van der Waals surface area contributed by atoms with Crippen molar-refractivity contribution in [2.45, 2.75) is 13.8 Å². The Morgan fingerprint density at radius 1 is 1.53 bits per heavy atom. The second-order valence-electron chi connectivity index (χ2n) is 3.99. The molecule has 0 radical (unpaired) electrons. The van der Waals surface area contributed by atoms with Crippen molar-refractivity contribution >= 4 is 23.2 Å². The molecule has 2 N–H and O–H groups in total. The molecule has 0 unspecified atom stereocenters. The first-order chi connectivity index (χ1) is 7.97. The van der Waals surface area contributed by atoms with Gasteiger partial charge < -0.3 is 10.6 Å². The highest BCUT2D eigenvalue weighted by atomic mass is 35.5. The van der Waals surface area contributed by atoms with Crippen LogP contribution in [0.5, 0.6) is 0 Å². The predicted molar refractivity (Wildman–Crippen MR) is 72.3 cm³/mol. The van der Waals surface area contributed by atoms with Gasteiger partial charge in [0.05, 0.1) is 16.3 Å². The van der Waals surface area contributed by atoms with E-state index in [4.69, 9.17) is 17.3 Å². The molecule has 1 aromatic rings. The summed E-state index contributed by atoms with van der Waals surface area (Å²) in [5.41, 5.74) is 7.47. The van der Waals surface area contributed by atoms with E-state index in [0.717, 1.165) is 5.57 Å². The van der Waals surface area contributed by atoms with E-state index in [1.165, 1.54) is 0 Å². The lowest BCUT2D eigenvalue weighted by Gasteiger charge is -2.21. The fourth-order valence-electron chi connectivity index (χ4n) is 1.54. The second-order valence-corrected chi connectivity index (χ2v) is 4.36. The summed E-state index contributed by atoms with van der Waals surface area (Å²) in [5.74, 6) is -0.118. The van der Waals surface area contributed by atoms with E-state index in [2.05, 4.69) is 6.58 Å². The van der Waals surface area contributed by atoms with Crippen LogP contribution >= 0.6 is 11.6 Å². The molecule has 0 spiro atoms. The number of nitrogen functional groups attached to an aromatic ring is 1. The van der Waals surface area contributed by atoms with Gasteiger partial charge in [0.1, 0.15) is 0 Å². The van der Waals surface area contributed by atoms with Crippen LogP contribution in [0, 0.1) is 0 Å². The molecule has 4 heteroatoms. The van der Waals surface area contributed by atoms with Crippen LogP contribution in [-0.4, -0.2) is 23.9 Å². The Bertz CT molecular complexity index is 443. The standard InChI is InChI=1S/C13H17ClN2O/c1-4-16(8-9(2)3)13(17)10-6-5-7-11(15)12(10)14/h5-7H,2,4,8,15H2,1,3H3. The number of anilines is 1. The maximum atomic E-state index is 12.2. The smallest absolute Gasteiger partial charge is 0.255 e. The highest BCUT2D eigenvalue weighted by Gasteiger charge is 2.17. The molecule has 0 fully saturated rings. The van der Waals surface area contributed by atoms with Crippen molar-refractivity contribution < 1.29 is 4.79 Å². The van der Waals surface area contributed by atoms with Crippen LogP contribution in [-0.2, 0) is 0 Å². The summed E-state index contributed by atoms with van der Waals surface area (Å²) in [7, 11) is 0. The van der Waals surface area contributed by atoms with Gasteiger partial charge in [0, 0.05) is 13.1 Å². The first-order valence-electron chi connectivity index (χ1n) is 5.45. The number of carbonyl (C=O) groups is 1. The first-order valence-corrected chi connectivity index (χ1v) is 5.82. The summed E-state index contributed by atoms with van der Waals surface area (Å²) in [6.07, 6.45) is 0. The number of hydrogen-bond donors (Lipinski definition) is 1. The van der Waals surface area contributed by atoms with Gasteiger partial charge in [-0.2, -0.15) is 0 Å². The third-order valence-corrected chi connectivity index (χ3v) is 2.81. The third-order valence-electron chi connectivity index (χ3n) is 2.39. The summed E-state index contributed by atoms with van der Waals surface area (Å²) in [6.45, 7) is 8.75. The summed E-state index contributed by atoms with van der Waals surface area (Å²) in [5, 5.41) is 0.317. The van der Waals surface area contributed by atoms with E-state index in [1.54, 1.807) is 23.1 Å². The minimum Gasteiger partial charge on any atom is -0.398 e. The van der Waals surface area contributed by atoms with Gasteiger partial charge in [-0.15, -0.1) is 0 Å². The molecule has 17 heavy (non-hydrogen) atoms. The van der Waals surface area contributed by atoms with Crippen molar-refractivity contribution in [3.8, 4) is 0 Å². The lowest BCUT2D eigenvalue weighted by molar-refractivity contribution is 0.0778. The van der Waals surface area contributed by atoms with Gasteiger partial charge in [0.25, 0.3) is 5.91 Å². The minimum atomic E-state index is -0.118. The lowest BCUT2D eigenvalue weighted by atomic mass is 10.1. The van der Waals surface area contributed by atoms with Crippen molar-refractivity contribution in [1.82, 2.24) is 4.90 Å². The Kier molecular flexibility index (Phi) is 4.58. The molecule has 1 rings (SSSR count). The Hall–Kier alpha value is -1.48. The fraction of sp³-hybridized carbons (Fsp3) is 0.308. The molecule has 0 atom stereocenters. The van der Waals surface area contributed by atoms with Crippen LogP contribution in [0.25, 0.3) is 0 Å². The quantitative estimate of drug-likeness (QED) is 0.662. The van der Waals surface area contributed by atoms with Crippen molar-refractivity contribution in [1.29, 1.82) is 0 Å². The molecule has 0 aromatic heterocycles. The zero-order valence-corrected chi connectivity index (χ0v) is 10.9. The van der Waals surface area contributed by atoms with Crippen LogP contribution in [0.15, 0.2) is 30.4 Å². The van der Waals surface area contributed by atoms with Crippen LogP contribution in [0.2, 0.25) is 5.02 Å². The molecule has 0 aliphatic heterocycles. The molecular weight excluding hydrogens is 236 g/mol. The van der Waals surface area contributed by atoms with Crippen LogP contribution in [0.4, 0.5) is 5.69 Å². The zero-order chi connectivity index (χ0) is 13.0. The molecular formula is C13H17ClN2O. The van der Waals surface area contributed by atoms with Crippen LogP contribution in [0.1, 0.15) is 24.2 Å². The van der Waals surface area contributed by atoms with Gasteiger partial charge in [0.15, 0.2) is 0 Å². The van der Waals surface area contributed by atoms with E-state index in [1.807, 2.05) is 13.8 Å². The Balaban J connectivity index is 3.02. The Labute approximate surface area is 107 Å². The van der Waals surface area contributed by atoms with Gasteiger partial charge >= 0.3 is 0 Å². The number of halogens is 1. The predicted octanol–water partition coefficient (Wildman–Crippen LogP) is 2.96. The largest absolute Gasteiger partial charge is 0.398 e. The van der Waals surface area contributed by atoms with Gasteiger partial charge in [-0.3, -0.25) is 4.79 Å². The molecule has 0 saturated carbocycles. The number of nitrogens with two attached hydrogens (primary N) is 1. The van der Waals surface area contributed by atoms with Crippen molar-refractivity contribution in [3.63, 3.8) is 0 Å². The van der Waals surface area contributed by atoms with E-state index >= 15 is 0 Å². The molecule has 1 amide bonds. The van der Waals surface area contributed by atoms with E-state index in [0.29, 0.717) is 29.4 Å². The van der Waals surface area contributed by atoms with E-state index in [-0.39, 0.29) is 5.91 Å². The molecule has 0 bridgehead atoms. The molecule has 3 nitrogen and oxygen atoms in total. The van der Waals surface area contributed by atoms with Crippen LogP contribution in [0.3, 0.4) is 0 Å². The van der Waals surface area contributed by atoms with Gasteiger partial charge in [-0.1, -0.05) is 29.8 Å². The minimum absolute atomic E-state index is 0.118. The number of nitrogens with zero attached hydrogens (tertiary/aromatic N) is 1. The van der Waals surface area contributed by atoms with E-state index in [9.17, 15) is 4.79 Å². The molecule has 0 aliphatic rings. The third kappa shape index (κ3) is 3.24. The maximum absolute atomic E-state index is 12.2. The Morgan fingerprint density at radius 2 is 2.18 bits per heavy atom. The molecule has 92 valence electrons. The second kappa shape index (κ2) is 5.73. The first kappa shape index (κ1) is 13.6. The number of rotatable bonds is 4. The number of carbonyl (C=O) groups excluding carboxylic acids is 1. The Morgan fingerprint density at radius 3 is 2.71 bits per heavy atom. The maximum Gasteiger partial charge on any atom is 0.255 e. The summed E-state index contributed by atoms with van der Waals surface area (Å²) < 4.78 is 0. The van der Waals surface area contributed by atoms with Gasteiger partial charge in [-0.05, 0) is 26.0 Å². The van der Waals surface area contributed by atoms with Crippen LogP contribution < -0.4 is 5.73 Å². The number of benzene rings is 1. The molecule has 0 aliphatic carbocycles. The average Bonchev–Trinajstić information content (AvgIpc) is 2.28. The van der Waals surface area contributed by atoms with E-state index < -0.39 is 0 Å². The summed E-state index contributed by atoms with van der Waals surface area (Å²) in [6, 6.07) is 5.08. The van der Waals surface area contributed by atoms with Gasteiger partial charge in [0.2, 0.25) is 0 Å². The molecule has 0 saturated heterocycles. The number of likely N-dealkylation sites (N-methyl/N-ethyl adjacent to an activating group) is 1. The normalized spacial score (nSPS) is 10.1. The topological polar surface area (TPSA) is 46.3 Å². The summed E-state index contributed by atoms with van der Waals surface area (Å²) in [4.78, 5) is 13.9. The monoisotopic (exact) mass is 252 g/mol. The number of amides is 1. The van der Waals surface area contributed by atoms with Gasteiger partial charge in [-0.25, -0.2) is 0 Å².